The minimum atomic E-state index is -0.0564. The summed E-state index contributed by atoms with van der Waals surface area (Å²) in [6.07, 6.45) is 0. The third-order valence-electron chi connectivity index (χ3n) is 11.7. The number of benzene rings is 6. The molecule has 0 atom stereocenters. The largest absolute Gasteiger partial charge is 0.456 e. The Bertz CT molecular complexity index is 3010. The molecule has 11 rings (SSSR count). The molecule has 52 heavy (non-hydrogen) atoms. The van der Waals surface area contributed by atoms with Crippen molar-refractivity contribution in [1.29, 1.82) is 0 Å². The number of rotatable bonds is 1. The van der Waals surface area contributed by atoms with E-state index in [0.29, 0.717) is 0 Å². The van der Waals surface area contributed by atoms with Gasteiger partial charge in [0.15, 0.2) is 5.58 Å². The fourth-order valence-electron chi connectivity index (χ4n) is 9.21. The van der Waals surface area contributed by atoms with Crippen LogP contribution in [-0.4, -0.2) is 11.3 Å². The molecule has 5 heteroatoms. The van der Waals surface area contributed by atoms with Crippen molar-refractivity contribution in [2.45, 2.75) is 59.3 Å². The van der Waals surface area contributed by atoms with Crippen LogP contribution >= 0.6 is 0 Å². The van der Waals surface area contributed by atoms with Crippen LogP contribution in [-0.2, 0) is 10.8 Å². The molecule has 0 spiro atoms. The zero-order chi connectivity index (χ0) is 35.4. The number of fused-ring (bicyclic) bond motifs is 12. The Kier molecular flexibility index (Phi) is 5.65. The quantitative estimate of drug-likeness (QED) is 0.163. The van der Waals surface area contributed by atoms with Crippen LogP contribution in [0.4, 0.5) is 17.1 Å². The van der Waals surface area contributed by atoms with Gasteiger partial charge in [0, 0.05) is 33.2 Å². The second kappa shape index (κ2) is 9.80. The monoisotopic (exact) mass is 674 g/mol. The third-order valence-corrected chi connectivity index (χ3v) is 11.7. The van der Waals surface area contributed by atoms with Gasteiger partial charge in [-0.1, -0.05) is 96.1 Å². The van der Waals surface area contributed by atoms with Crippen molar-refractivity contribution < 1.29 is 8.83 Å². The lowest BCUT2D eigenvalue weighted by molar-refractivity contribution is 0.590. The van der Waals surface area contributed by atoms with Crippen molar-refractivity contribution in [2.24, 2.45) is 0 Å². The van der Waals surface area contributed by atoms with Crippen molar-refractivity contribution in [3.63, 3.8) is 0 Å². The standard InChI is InChI=1S/C47H39BN2O2/c1-26-21-36-42-37(22-26)50-43-31(45-44(50)30-14-9-11-17-39(30)52-45)23-28(47(5,6)7)24-33(43)48(42)32-20-19-27(46(2,3)4)25-35(32)49(36)34-15-12-18-40-41(34)29-13-8-10-16-38(29)51-40/h8-25H,1-7H3. The van der Waals surface area contributed by atoms with Gasteiger partial charge in [0.25, 0.3) is 6.71 Å². The summed E-state index contributed by atoms with van der Waals surface area (Å²) in [5, 5.41) is 4.59. The van der Waals surface area contributed by atoms with Crippen molar-refractivity contribution in [1.82, 2.24) is 4.57 Å². The predicted octanol–water partition coefficient (Wildman–Crippen LogP) is 10.9. The topological polar surface area (TPSA) is 34.5 Å². The maximum atomic E-state index is 6.81. The number of aryl methyl sites for hydroxylation is 1. The Hall–Kier alpha value is -5.68. The van der Waals surface area contributed by atoms with Gasteiger partial charge in [-0.05, 0) is 105 Å². The molecule has 3 aromatic heterocycles. The van der Waals surface area contributed by atoms with E-state index >= 15 is 0 Å². The minimum absolute atomic E-state index is 0.0285. The van der Waals surface area contributed by atoms with Gasteiger partial charge < -0.3 is 18.3 Å². The highest BCUT2D eigenvalue weighted by atomic mass is 16.3. The lowest BCUT2D eigenvalue weighted by Crippen LogP contribution is -2.60. The highest BCUT2D eigenvalue weighted by molar-refractivity contribution is 7.00. The Balaban J connectivity index is 1.34. The van der Waals surface area contributed by atoms with Crippen LogP contribution < -0.4 is 21.3 Å². The Labute approximate surface area is 303 Å². The van der Waals surface area contributed by atoms with Gasteiger partial charge in [0.05, 0.1) is 16.6 Å². The summed E-state index contributed by atoms with van der Waals surface area (Å²) in [5.41, 5.74) is 18.6. The molecular formula is C47H39BN2O2. The average Bonchev–Trinajstić information content (AvgIpc) is 3.78. The first-order valence-corrected chi connectivity index (χ1v) is 18.5. The summed E-state index contributed by atoms with van der Waals surface area (Å²) in [5.74, 6) is 0. The molecular weight excluding hydrogens is 635 g/mol. The van der Waals surface area contributed by atoms with Gasteiger partial charge >= 0.3 is 0 Å². The van der Waals surface area contributed by atoms with Gasteiger partial charge in [0.2, 0.25) is 0 Å². The number of furan rings is 2. The van der Waals surface area contributed by atoms with Crippen molar-refractivity contribution in [3.05, 3.63) is 126 Å². The van der Waals surface area contributed by atoms with Gasteiger partial charge in [-0.25, -0.2) is 0 Å². The highest BCUT2D eigenvalue weighted by Crippen LogP contribution is 2.48. The predicted molar refractivity (Wildman–Crippen MR) is 219 cm³/mol. The molecule has 6 aromatic carbocycles. The van der Waals surface area contributed by atoms with E-state index < -0.39 is 0 Å². The first-order valence-electron chi connectivity index (χ1n) is 18.5. The molecule has 0 fully saturated rings. The summed E-state index contributed by atoms with van der Waals surface area (Å²) in [6.45, 7) is 16.2. The summed E-state index contributed by atoms with van der Waals surface area (Å²) < 4.78 is 15.8. The Morgan fingerprint density at radius 2 is 1.21 bits per heavy atom. The number of para-hydroxylation sites is 2. The molecule has 0 N–H and O–H groups in total. The summed E-state index contributed by atoms with van der Waals surface area (Å²) in [6, 6.07) is 40.4. The summed E-state index contributed by atoms with van der Waals surface area (Å²) >= 11 is 0. The fourth-order valence-corrected chi connectivity index (χ4v) is 9.21. The zero-order valence-corrected chi connectivity index (χ0v) is 30.7. The Morgan fingerprint density at radius 3 is 1.98 bits per heavy atom. The molecule has 0 bridgehead atoms. The van der Waals surface area contributed by atoms with Crippen LogP contribution in [0.25, 0.3) is 60.6 Å². The smallest absolute Gasteiger partial charge is 0.252 e. The van der Waals surface area contributed by atoms with Gasteiger partial charge in [0.1, 0.15) is 22.3 Å². The van der Waals surface area contributed by atoms with Gasteiger partial charge in [-0.15, -0.1) is 0 Å². The van der Waals surface area contributed by atoms with E-state index in [9.17, 15) is 0 Å². The van der Waals surface area contributed by atoms with Gasteiger partial charge in [-0.3, -0.25) is 0 Å². The lowest BCUT2D eigenvalue weighted by atomic mass is 9.33. The van der Waals surface area contributed by atoms with Gasteiger partial charge in [-0.2, -0.15) is 0 Å². The van der Waals surface area contributed by atoms with Crippen LogP contribution in [0, 0.1) is 6.92 Å². The molecule has 0 amide bonds. The van der Waals surface area contributed by atoms with Crippen molar-refractivity contribution in [2.75, 3.05) is 4.90 Å². The molecule has 4 nitrogen and oxygen atoms in total. The van der Waals surface area contributed by atoms with E-state index in [4.69, 9.17) is 8.83 Å². The maximum Gasteiger partial charge on any atom is 0.252 e. The van der Waals surface area contributed by atoms with E-state index in [0.717, 1.165) is 49.7 Å². The number of aromatic nitrogens is 1. The van der Waals surface area contributed by atoms with Crippen LogP contribution in [0.3, 0.4) is 0 Å². The first kappa shape index (κ1) is 30.0. The fraction of sp³-hybridized carbons (Fsp3) is 0.191. The highest BCUT2D eigenvalue weighted by Gasteiger charge is 2.44. The first-order chi connectivity index (χ1) is 25.0. The molecule has 0 unspecified atom stereocenters. The summed E-state index contributed by atoms with van der Waals surface area (Å²) in [4.78, 5) is 2.54. The zero-order valence-electron chi connectivity index (χ0n) is 30.7. The van der Waals surface area contributed by atoms with E-state index in [-0.39, 0.29) is 17.5 Å². The molecule has 2 aliphatic rings. The molecule has 9 aromatic rings. The number of anilines is 3. The molecule has 0 radical (unpaired) electrons. The molecule has 2 aliphatic heterocycles. The van der Waals surface area contributed by atoms with Crippen LogP contribution in [0.15, 0.2) is 118 Å². The normalized spacial score (nSPS) is 14.0. The van der Waals surface area contributed by atoms with E-state index in [1.807, 2.05) is 0 Å². The van der Waals surface area contributed by atoms with Crippen LogP contribution in [0.5, 0.6) is 0 Å². The number of hydrogen-bond donors (Lipinski definition) is 0. The molecule has 252 valence electrons. The van der Waals surface area contributed by atoms with E-state index in [1.54, 1.807) is 0 Å². The minimum Gasteiger partial charge on any atom is -0.456 e. The second-order valence-corrected chi connectivity index (χ2v) is 17.1. The van der Waals surface area contributed by atoms with E-state index in [2.05, 4.69) is 167 Å². The number of hydrogen-bond acceptors (Lipinski definition) is 3. The molecule has 5 heterocycles. The Morgan fingerprint density at radius 1 is 0.519 bits per heavy atom. The van der Waals surface area contributed by atoms with E-state index in [1.165, 1.54) is 61.0 Å². The SMILES string of the molecule is Cc1cc2c3c(c1)-n1c4c(cc(C(C)(C)C)cc4c4oc5ccccc5c41)B3c1ccc(C(C)(C)C)cc1N2c1cccc2oc3ccccc3c12. The lowest BCUT2D eigenvalue weighted by Gasteiger charge is -2.41. The molecule has 0 saturated carbocycles. The van der Waals surface area contributed by atoms with Crippen LogP contribution in [0.1, 0.15) is 58.2 Å². The molecule has 0 saturated heterocycles. The third kappa shape index (κ3) is 3.83. The summed E-state index contributed by atoms with van der Waals surface area (Å²) in [7, 11) is 0. The van der Waals surface area contributed by atoms with Crippen molar-refractivity contribution >= 4 is 95.1 Å². The number of nitrogens with zero attached hydrogens (tertiary/aromatic N) is 2. The van der Waals surface area contributed by atoms with Crippen molar-refractivity contribution in [3.8, 4) is 5.69 Å². The second-order valence-electron chi connectivity index (χ2n) is 17.1. The van der Waals surface area contributed by atoms with Crippen LogP contribution in [0.2, 0.25) is 0 Å². The maximum absolute atomic E-state index is 6.81. The average molecular weight is 675 g/mol. The molecule has 0 aliphatic carbocycles.